The fourth-order valence-corrected chi connectivity index (χ4v) is 7.26. The highest BCUT2D eigenvalue weighted by Gasteiger charge is 2.48. The Labute approximate surface area is 297 Å². The van der Waals surface area contributed by atoms with Crippen molar-refractivity contribution in [3.05, 3.63) is 66.8 Å². The molecular formula is C27H34N8O16P2. The van der Waals surface area contributed by atoms with Crippen LogP contribution in [-0.4, -0.2) is 133 Å². The van der Waals surface area contributed by atoms with Crippen molar-refractivity contribution in [3.63, 3.8) is 0 Å². The van der Waals surface area contributed by atoms with Crippen LogP contribution in [0.3, 0.4) is 0 Å². The second kappa shape index (κ2) is 16.4. The van der Waals surface area contributed by atoms with Gasteiger partial charge in [0.2, 0.25) is 5.91 Å². The van der Waals surface area contributed by atoms with Crippen LogP contribution in [0.2, 0.25) is 0 Å². The molecule has 26 heteroatoms. The van der Waals surface area contributed by atoms with Crippen LogP contribution in [-0.2, 0) is 36.8 Å². The summed E-state index contributed by atoms with van der Waals surface area (Å²) in [6.07, 6.45) is -2.04. The number of aliphatic hydroxyl groups is 4. The van der Waals surface area contributed by atoms with Gasteiger partial charge in [0.05, 0.1) is 25.1 Å². The number of carbonyl (C=O) groups excluding carboxylic acids is 1. The summed E-state index contributed by atoms with van der Waals surface area (Å²) in [5, 5.41) is 50.0. The molecule has 1 amide bonds. The lowest BCUT2D eigenvalue weighted by Crippen LogP contribution is -2.40. The molecule has 3 aliphatic rings. The Morgan fingerprint density at radius 1 is 0.943 bits per heavy atom. The maximum absolute atomic E-state index is 12.4. The Bertz CT molecular complexity index is 1950. The number of pyridine rings is 1. The van der Waals surface area contributed by atoms with Gasteiger partial charge in [-0.3, -0.25) is 23.4 Å². The zero-order valence-electron chi connectivity index (χ0n) is 27.0. The largest absolute Gasteiger partial charge is 0.481 e. The van der Waals surface area contributed by atoms with E-state index >= 15 is 0 Å². The predicted octanol–water partition coefficient (Wildman–Crippen LogP) is -1.91. The molecule has 2 saturated heterocycles. The number of anilines is 1. The van der Waals surface area contributed by atoms with Crippen molar-refractivity contribution >= 4 is 44.5 Å². The third-order valence-corrected chi connectivity index (χ3v) is 10.4. The van der Waals surface area contributed by atoms with Crippen LogP contribution in [0.1, 0.15) is 23.0 Å². The molecule has 53 heavy (non-hydrogen) atoms. The van der Waals surface area contributed by atoms with Crippen LogP contribution in [0.25, 0.3) is 11.2 Å². The molecule has 0 saturated carbocycles. The van der Waals surface area contributed by atoms with Gasteiger partial charge in [0.1, 0.15) is 48.5 Å². The first-order valence-electron chi connectivity index (χ1n) is 15.2. The van der Waals surface area contributed by atoms with Gasteiger partial charge in [-0.15, -0.1) is 0 Å². The fraction of sp³-hybridized carbons (Fsp3) is 0.407. The number of nitrogens with two attached hydrogens (primary N) is 2. The number of fused-ring (bicyclic) bond motifs is 1. The minimum absolute atomic E-state index is 0.0517. The molecule has 24 nitrogen and oxygen atoms in total. The number of rotatable bonds is 12. The average Bonchev–Trinajstić information content (AvgIpc) is 3.76. The number of nitrogen functional groups attached to an aromatic ring is 1. The molecule has 3 aromatic rings. The van der Waals surface area contributed by atoms with Gasteiger partial charge >= 0.3 is 21.6 Å². The number of hydrogen-bond acceptors (Lipinski definition) is 19. The zero-order valence-corrected chi connectivity index (χ0v) is 28.8. The van der Waals surface area contributed by atoms with Crippen molar-refractivity contribution in [1.82, 2.24) is 29.4 Å². The Hall–Kier alpha value is -4.26. The molecule has 3 aliphatic heterocycles. The van der Waals surface area contributed by atoms with Crippen molar-refractivity contribution in [3.8, 4) is 0 Å². The van der Waals surface area contributed by atoms with E-state index in [1.807, 2.05) is 0 Å². The molecule has 0 spiro atoms. The molecule has 0 bridgehead atoms. The summed E-state index contributed by atoms with van der Waals surface area (Å²) in [5.41, 5.74) is 11.8. The van der Waals surface area contributed by atoms with Crippen LogP contribution in [0.4, 0.5) is 5.82 Å². The first-order valence-corrected chi connectivity index (χ1v) is 18.2. The van der Waals surface area contributed by atoms with Crippen molar-refractivity contribution in [2.75, 3.05) is 18.9 Å². The average molecular weight is 789 g/mol. The van der Waals surface area contributed by atoms with Gasteiger partial charge in [-0.05, 0) is 18.6 Å². The van der Waals surface area contributed by atoms with Crippen LogP contribution < -0.4 is 11.5 Å². The number of hydrogen-bond donors (Lipinski definition) is 9. The van der Waals surface area contributed by atoms with E-state index in [-0.39, 0.29) is 34.5 Å². The van der Waals surface area contributed by atoms with Crippen LogP contribution >= 0.6 is 15.6 Å². The Balaban J connectivity index is 0.000000526. The predicted molar refractivity (Wildman–Crippen MR) is 173 cm³/mol. The van der Waals surface area contributed by atoms with Gasteiger partial charge in [0.25, 0.3) is 0 Å². The number of aromatic carboxylic acids is 1. The minimum Gasteiger partial charge on any atom is -0.478 e. The second-order valence-corrected chi connectivity index (χ2v) is 14.4. The first kappa shape index (κ1) is 39.9. The van der Waals surface area contributed by atoms with Crippen molar-refractivity contribution in [2.45, 2.75) is 55.5 Å². The highest BCUT2D eigenvalue weighted by molar-refractivity contribution is 7.61. The van der Waals surface area contributed by atoms with Crippen LogP contribution in [0.15, 0.2) is 61.2 Å². The summed E-state index contributed by atoms with van der Waals surface area (Å²) in [6.45, 7) is -1.79. The zero-order chi connectivity index (χ0) is 38.7. The summed E-state index contributed by atoms with van der Waals surface area (Å²) in [6, 6.07) is 3.08. The topological polar surface area (TPSA) is 368 Å². The fourth-order valence-electron chi connectivity index (χ4n) is 5.17. The number of primary amides is 1. The number of amides is 1. The lowest BCUT2D eigenvalue weighted by molar-refractivity contribution is -0.115. The van der Waals surface area contributed by atoms with Gasteiger partial charge in [0, 0.05) is 30.4 Å². The number of ether oxygens (including phenoxy) is 2. The van der Waals surface area contributed by atoms with E-state index in [4.69, 9.17) is 35.1 Å². The Morgan fingerprint density at radius 2 is 1.57 bits per heavy atom. The number of carboxylic acids is 1. The Morgan fingerprint density at radius 3 is 2.13 bits per heavy atom. The molecule has 3 aromatic heterocycles. The number of aliphatic hydroxyl groups excluding tert-OH is 4. The van der Waals surface area contributed by atoms with Gasteiger partial charge < -0.3 is 61.2 Å². The SMILES string of the molecule is NC(=O)C1=CN([C@@H]2O[C@H](COP(=O)(O)OP(=O)(O)OC[C@H]3O[C@@H](n4cnc5c(N)ncnc54)[C@H](O)[C@@H]3O)[C@@H](O)[C@H]2O)C=CC1.O=C(O)c1cccnc1. The summed E-state index contributed by atoms with van der Waals surface area (Å²) in [7, 11) is -10.7. The van der Waals surface area contributed by atoms with Gasteiger partial charge in [-0.2, -0.15) is 4.31 Å². The van der Waals surface area contributed by atoms with E-state index in [0.29, 0.717) is 0 Å². The summed E-state index contributed by atoms with van der Waals surface area (Å²) < 4.78 is 50.8. The van der Waals surface area contributed by atoms with Crippen molar-refractivity contribution in [1.29, 1.82) is 0 Å². The lowest BCUT2D eigenvalue weighted by atomic mass is 10.1. The molecule has 6 heterocycles. The van der Waals surface area contributed by atoms with E-state index in [9.17, 15) is 48.9 Å². The Kier molecular flexibility index (Phi) is 12.4. The van der Waals surface area contributed by atoms with E-state index in [2.05, 4.69) is 24.2 Å². The number of phosphoric ester groups is 2. The van der Waals surface area contributed by atoms with E-state index in [1.165, 1.54) is 46.7 Å². The molecule has 288 valence electrons. The monoisotopic (exact) mass is 788 g/mol. The molecule has 6 rings (SSSR count). The molecule has 10 atom stereocenters. The minimum atomic E-state index is -5.37. The molecule has 0 aliphatic carbocycles. The normalized spacial score (nSPS) is 29.2. The number of allylic oxidation sites excluding steroid dienone is 1. The lowest BCUT2D eigenvalue weighted by Gasteiger charge is -2.28. The highest BCUT2D eigenvalue weighted by atomic mass is 31.3. The third-order valence-electron chi connectivity index (χ3n) is 7.78. The van der Waals surface area contributed by atoms with E-state index < -0.39 is 89.8 Å². The molecule has 2 fully saturated rings. The summed E-state index contributed by atoms with van der Waals surface area (Å²) >= 11 is 0. The number of carbonyl (C=O) groups is 2. The highest BCUT2D eigenvalue weighted by Crippen LogP contribution is 2.60. The maximum Gasteiger partial charge on any atom is 0.481 e. The van der Waals surface area contributed by atoms with E-state index in [0.717, 1.165) is 6.33 Å². The third kappa shape index (κ3) is 9.46. The number of nitrogens with zero attached hydrogens (tertiary/aromatic N) is 6. The van der Waals surface area contributed by atoms with Crippen molar-refractivity contribution < 1.29 is 76.9 Å². The van der Waals surface area contributed by atoms with E-state index in [1.54, 1.807) is 12.1 Å². The van der Waals surface area contributed by atoms with Gasteiger partial charge in [0.15, 0.2) is 23.9 Å². The van der Waals surface area contributed by atoms with Gasteiger partial charge in [-0.1, -0.05) is 6.08 Å². The molecule has 0 radical (unpaired) electrons. The summed E-state index contributed by atoms with van der Waals surface area (Å²) in [5.74, 6) is -1.60. The molecular weight excluding hydrogens is 754 g/mol. The quantitative estimate of drug-likeness (QED) is 0.0904. The number of imidazole rings is 1. The smallest absolute Gasteiger partial charge is 0.478 e. The molecule has 11 N–H and O–H groups in total. The number of phosphoric acid groups is 2. The maximum atomic E-state index is 12.4. The summed E-state index contributed by atoms with van der Waals surface area (Å²) in [4.78, 5) is 58.4. The standard InChI is InChI=1S/C21H29N7O14P2.C6H5NO2/c22-17-12-19(25-7-24-17)28(8-26-12)21-16(32)14(30)11(41-21)6-39-44(36,37)42-43(34,35)38-5-10-13(29)15(31)20(40-10)27-3-1-2-9(4-27)18(23)33;8-6(9)5-2-1-3-7-4-5/h1,3-4,7-8,10-11,13-16,20-21,29-32H,2,5-6H2,(H2,23,33)(H,34,35)(H,36,37)(H2,22,24,25);1-4H,(H,8,9)/t10-,11-,13-,14-,15-,16-,20-,21-;/m1./s1. The second-order valence-electron chi connectivity index (χ2n) is 11.4. The van der Waals surface area contributed by atoms with Crippen molar-refractivity contribution in [2.24, 2.45) is 5.73 Å². The van der Waals surface area contributed by atoms with Crippen LogP contribution in [0.5, 0.6) is 0 Å². The first-order chi connectivity index (χ1) is 25.0. The van der Waals surface area contributed by atoms with Crippen LogP contribution in [0, 0.1) is 0 Å². The van der Waals surface area contributed by atoms with Gasteiger partial charge in [-0.25, -0.2) is 28.9 Å². The molecule has 2 unspecified atom stereocenters. The number of aromatic nitrogens is 5. The number of carboxylic acid groups (broad SMARTS) is 1. The molecule has 0 aromatic carbocycles.